The normalized spacial score (nSPS) is 10.7. The van der Waals surface area contributed by atoms with Crippen LogP contribution in [0.3, 0.4) is 0 Å². The summed E-state index contributed by atoms with van der Waals surface area (Å²) in [7, 11) is 0. The number of amides is 1. The van der Waals surface area contributed by atoms with E-state index in [2.05, 4.69) is 19.2 Å². The van der Waals surface area contributed by atoms with Crippen molar-refractivity contribution >= 4 is 23.2 Å². The molecule has 1 N–H and O–H groups in total. The van der Waals surface area contributed by atoms with Crippen LogP contribution < -0.4 is 5.32 Å². The van der Waals surface area contributed by atoms with Crippen molar-refractivity contribution in [3.63, 3.8) is 0 Å². The fourth-order valence-electron chi connectivity index (χ4n) is 1.56. The summed E-state index contributed by atoms with van der Waals surface area (Å²) in [5, 5.41) is 13.2. The van der Waals surface area contributed by atoms with Crippen LogP contribution in [0.25, 0.3) is 0 Å². The molecular weight excluding hydrogens is 296 g/mol. The number of nitro benzene ring substituents is 1. The highest BCUT2D eigenvalue weighted by Gasteiger charge is 2.14. The van der Waals surface area contributed by atoms with Crippen molar-refractivity contribution in [2.75, 3.05) is 19.8 Å². The molecule has 1 aromatic rings. The van der Waals surface area contributed by atoms with Crippen LogP contribution in [0, 0.1) is 16.0 Å². The Labute approximate surface area is 128 Å². The number of halogens is 1. The third-order valence-electron chi connectivity index (χ3n) is 2.78. The Balaban J connectivity index is 2.39. The quantitative estimate of drug-likeness (QED) is 0.454. The molecule has 0 saturated heterocycles. The third-order valence-corrected chi connectivity index (χ3v) is 3.08. The molecule has 7 heteroatoms. The highest BCUT2D eigenvalue weighted by Crippen LogP contribution is 2.24. The minimum atomic E-state index is -0.591. The fourth-order valence-corrected chi connectivity index (χ4v) is 1.81. The Morgan fingerprint density at radius 2 is 2.14 bits per heavy atom. The first kappa shape index (κ1) is 17.4. The highest BCUT2D eigenvalue weighted by atomic mass is 35.5. The molecule has 0 aliphatic rings. The average molecular weight is 315 g/mol. The molecule has 6 nitrogen and oxygen atoms in total. The third kappa shape index (κ3) is 6.10. The standard InChI is InChI=1S/C14H19ClN2O4/c1-10(2)5-7-21-8-6-16-14(18)11-3-4-13(17(19)20)12(15)9-11/h3-4,9-10H,5-8H2,1-2H3,(H,16,18). The van der Waals surface area contributed by atoms with Crippen LogP contribution >= 0.6 is 11.6 Å². The molecule has 1 amide bonds. The number of benzene rings is 1. The van der Waals surface area contributed by atoms with Crippen molar-refractivity contribution < 1.29 is 14.5 Å². The predicted octanol–water partition coefficient (Wildman–Crippen LogP) is 3.04. The Bertz CT molecular complexity index is 506. The molecule has 1 rings (SSSR count). The van der Waals surface area contributed by atoms with Gasteiger partial charge in [0.15, 0.2) is 0 Å². The number of carbonyl (C=O) groups is 1. The Hall–Kier alpha value is -1.66. The second kappa shape index (κ2) is 8.59. The predicted molar refractivity (Wildman–Crippen MR) is 80.7 cm³/mol. The van der Waals surface area contributed by atoms with Gasteiger partial charge in [0.1, 0.15) is 5.02 Å². The van der Waals surface area contributed by atoms with Gasteiger partial charge in [-0.3, -0.25) is 14.9 Å². The molecule has 21 heavy (non-hydrogen) atoms. The van der Waals surface area contributed by atoms with Gasteiger partial charge in [0.25, 0.3) is 11.6 Å². The zero-order chi connectivity index (χ0) is 15.8. The lowest BCUT2D eigenvalue weighted by Gasteiger charge is -2.08. The molecule has 0 aliphatic carbocycles. The molecule has 1 aromatic carbocycles. The maximum Gasteiger partial charge on any atom is 0.287 e. The largest absolute Gasteiger partial charge is 0.380 e. The van der Waals surface area contributed by atoms with Gasteiger partial charge in [0.05, 0.1) is 11.5 Å². The minimum Gasteiger partial charge on any atom is -0.380 e. The number of carbonyl (C=O) groups excluding carboxylic acids is 1. The minimum absolute atomic E-state index is 0.0548. The van der Waals surface area contributed by atoms with Crippen molar-refractivity contribution in [2.45, 2.75) is 20.3 Å². The zero-order valence-corrected chi connectivity index (χ0v) is 12.9. The van der Waals surface area contributed by atoms with Crippen LogP contribution in [0.4, 0.5) is 5.69 Å². The SMILES string of the molecule is CC(C)CCOCCNC(=O)c1ccc([N+](=O)[O-])c(Cl)c1. The van der Waals surface area contributed by atoms with Gasteiger partial charge in [0, 0.05) is 24.8 Å². The van der Waals surface area contributed by atoms with Crippen LogP contribution in [0.5, 0.6) is 0 Å². The lowest BCUT2D eigenvalue weighted by atomic mass is 10.1. The number of rotatable bonds is 8. The zero-order valence-electron chi connectivity index (χ0n) is 12.1. The Morgan fingerprint density at radius 1 is 1.43 bits per heavy atom. The molecule has 0 spiro atoms. The molecule has 0 heterocycles. The van der Waals surface area contributed by atoms with Gasteiger partial charge >= 0.3 is 0 Å². The van der Waals surface area contributed by atoms with Crippen LogP contribution in [0.1, 0.15) is 30.6 Å². The number of nitrogens with one attached hydrogen (secondary N) is 1. The topological polar surface area (TPSA) is 81.5 Å². The van der Waals surface area contributed by atoms with E-state index in [-0.39, 0.29) is 22.2 Å². The molecule has 0 saturated carbocycles. The van der Waals surface area contributed by atoms with Gasteiger partial charge < -0.3 is 10.1 Å². The smallest absolute Gasteiger partial charge is 0.287 e. The second-order valence-electron chi connectivity index (χ2n) is 4.97. The fraction of sp³-hybridized carbons (Fsp3) is 0.500. The number of hydrogen-bond acceptors (Lipinski definition) is 4. The van der Waals surface area contributed by atoms with E-state index in [0.29, 0.717) is 25.7 Å². The van der Waals surface area contributed by atoms with Gasteiger partial charge in [-0.05, 0) is 24.5 Å². The number of ether oxygens (including phenoxy) is 1. The average Bonchev–Trinajstić information content (AvgIpc) is 2.41. The van der Waals surface area contributed by atoms with Crippen molar-refractivity contribution in [2.24, 2.45) is 5.92 Å². The summed E-state index contributed by atoms with van der Waals surface area (Å²) in [5.74, 6) is 0.251. The maximum atomic E-state index is 11.8. The van der Waals surface area contributed by atoms with Gasteiger partial charge in [-0.25, -0.2) is 0 Å². The number of hydrogen-bond donors (Lipinski definition) is 1. The van der Waals surface area contributed by atoms with E-state index in [0.717, 1.165) is 6.42 Å². The van der Waals surface area contributed by atoms with E-state index in [1.165, 1.54) is 18.2 Å². The molecular formula is C14H19ClN2O4. The molecule has 0 aromatic heterocycles. The monoisotopic (exact) mass is 314 g/mol. The Kier molecular flexibility index (Phi) is 7.11. The summed E-state index contributed by atoms with van der Waals surface area (Å²) >= 11 is 5.75. The lowest BCUT2D eigenvalue weighted by Crippen LogP contribution is -2.27. The molecule has 0 atom stereocenters. The van der Waals surface area contributed by atoms with E-state index in [1.807, 2.05) is 0 Å². The van der Waals surface area contributed by atoms with E-state index in [9.17, 15) is 14.9 Å². The van der Waals surface area contributed by atoms with Crippen LogP contribution in [0.2, 0.25) is 5.02 Å². The lowest BCUT2D eigenvalue weighted by molar-refractivity contribution is -0.384. The van der Waals surface area contributed by atoms with E-state index >= 15 is 0 Å². The van der Waals surface area contributed by atoms with E-state index in [4.69, 9.17) is 16.3 Å². The molecule has 0 aliphatic heterocycles. The summed E-state index contributed by atoms with van der Waals surface area (Å²) in [5.41, 5.74) is 0.0676. The highest BCUT2D eigenvalue weighted by molar-refractivity contribution is 6.33. The van der Waals surface area contributed by atoms with Crippen molar-refractivity contribution in [3.8, 4) is 0 Å². The van der Waals surface area contributed by atoms with Crippen molar-refractivity contribution in [1.29, 1.82) is 0 Å². The molecule has 0 unspecified atom stereocenters. The number of nitro groups is 1. The van der Waals surface area contributed by atoms with Crippen LogP contribution in [-0.2, 0) is 4.74 Å². The van der Waals surface area contributed by atoms with Crippen molar-refractivity contribution in [3.05, 3.63) is 38.9 Å². The summed E-state index contributed by atoms with van der Waals surface area (Å²) in [6.45, 7) is 5.70. The van der Waals surface area contributed by atoms with Gasteiger partial charge in [0.2, 0.25) is 0 Å². The summed E-state index contributed by atoms with van der Waals surface area (Å²) < 4.78 is 5.37. The van der Waals surface area contributed by atoms with Gasteiger partial charge in [-0.15, -0.1) is 0 Å². The first-order chi connectivity index (χ1) is 9.91. The van der Waals surface area contributed by atoms with Crippen molar-refractivity contribution in [1.82, 2.24) is 5.32 Å². The number of nitrogens with zero attached hydrogens (tertiary/aromatic N) is 1. The second-order valence-corrected chi connectivity index (χ2v) is 5.38. The van der Waals surface area contributed by atoms with Gasteiger partial charge in [-0.1, -0.05) is 25.4 Å². The first-order valence-electron chi connectivity index (χ1n) is 6.71. The van der Waals surface area contributed by atoms with Crippen LogP contribution in [0.15, 0.2) is 18.2 Å². The summed E-state index contributed by atoms with van der Waals surface area (Å²) in [4.78, 5) is 21.9. The maximum absolute atomic E-state index is 11.8. The first-order valence-corrected chi connectivity index (χ1v) is 7.09. The van der Waals surface area contributed by atoms with Gasteiger partial charge in [-0.2, -0.15) is 0 Å². The molecule has 0 bridgehead atoms. The summed E-state index contributed by atoms with van der Waals surface area (Å²) in [6, 6.07) is 3.88. The molecule has 0 radical (unpaired) electrons. The molecule has 0 fully saturated rings. The van der Waals surface area contributed by atoms with E-state index < -0.39 is 4.92 Å². The van der Waals surface area contributed by atoms with E-state index in [1.54, 1.807) is 0 Å². The summed E-state index contributed by atoms with van der Waals surface area (Å²) in [6.07, 6.45) is 0.978. The van der Waals surface area contributed by atoms with Crippen LogP contribution in [-0.4, -0.2) is 30.6 Å². The molecule has 116 valence electrons. The Morgan fingerprint density at radius 3 is 2.71 bits per heavy atom.